The van der Waals surface area contributed by atoms with Crippen LogP contribution in [0.5, 0.6) is 0 Å². The van der Waals surface area contributed by atoms with Crippen molar-refractivity contribution >= 4 is 69.2 Å². The van der Waals surface area contributed by atoms with E-state index in [1.165, 1.54) is 7.11 Å². The van der Waals surface area contributed by atoms with Crippen molar-refractivity contribution in [3.63, 3.8) is 0 Å². The predicted molar refractivity (Wildman–Crippen MR) is 115 cm³/mol. The van der Waals surface area contributed by atoms with Crippen molar-refractivity contribution in [2.24, 2.45) is 0 Å². The summed E-state index contributed by atoms with van der Waals surface area (Å²) >= 11 is 14.6. The lowest BCUT2D eigenvalue weighted by Crippen LogP contribution is -2.42. The van der Waals surface area contributed by atoms with Crippen molar-refractivity contribution in [2.45, 2.75) is 18.5 Å². The monoisotopic (exact) mass is 519 g/mol. The molecule has 6 nitrogen and oxygen atoms in total. The van der Waals surface area contributed by atoms with Crippen LogP contribution in [0.25, 0.3) is 0 Å². The third-order valence-corrected chi connectivity index (χ3v) is 5.39. The van der Waals surface area contributed by atoms with Crippen LogP contribution >= 0.6 is 45.8 Å². The molecule has 0 radical (unpaired) electrons. The van der Waals surface area contributed by atoms with Crippen LogP contribution in [-0.4, -0.2) is 25.2 Å². The Labute approximate surface area is 180 Å². The van der Waals surface area contributed by atoms with E-state index in [0.717, 1.165) is 3.57 Å². The number of methoxy groups -OCH3 is 1. The minimum atomic E-state index is -0.624. The van der Waals surface area contributed by atoms with Crippen LogP contribution < -0.4 is 16.0 Å². The van der Waals surface area contributed by atoms with Gasteiger partial charge in [0.15, 0.2) is 0 Å². The second kappa shape index (κ2) is 8.53. The number of amides is 2. The van der Waals surface area contributed by atoms with Crippen LogP contribution in [0.3, 0.4) is 0 Å². The molecule has 1 aliphatic heterocycles. The molecule has 0 unspecified atom stereocenters. The fourth-order valence-corrected chi connectivity index (χ4v) is 3.93. The number of hydrogen-bond donors (Lipinski definition) is 3. The Morgan fingerprint density at radius 3 is 2.59 bits per heavy atom. The fraction of sp³-hybridized carbons (Fsp3) is 0.222. The van der Waals surface area contributed by atoms with Gasteiger partial charge in [0.05, 0.1) is 13.2 Å². The molecule has 142 valence electrons. The quantitative estimate of drug-likeness (QED) is 0.401. The smallest absolute Gasteiger partial charge is 0.328 e. The normalized spacial score (nSPS) is 18.1. The topological polar surface area (TPSA) is 79.5 Å². The lowest BCUT2D eigenvalue weighted by molar-refractivity contribution is -0.141. The molecule has 2 atom stereocenters. The number of hydrogen-bond acceptors (Lipinski definition) is 4. The second-order valence-corrected chi connectivity index (χ2v) is 8.05. The number of anilines is 2. The van der Waals surface area contributed by atoms with Gasteiger partial charge in [0.2, 0.25) is 0 Å². The van der Waals surface area contributed by atoms with Gasteiger partial charge in [-0.1, -0.05) is 23.2 Å². The summed E-state index contributed by atoms with van der Waals surface area (Å²) in [5.41, 5.74) is 1.93. The molecule has 2 aromatic carbocycles. The average molecular weight is 520 g/mol. The Hall–Kier alpha value is -1.71. The minimum Gasteiger partial charge on any atom is -0.467 e. The second-order valence-electron chi connectivity index (χ2n) is 5.96. The van der Waals surface area contributed by atoms with E-state index >= 15 is 0 Å². The fourth-order valence-electron chi connectivity index (χ4n) is 2.95. The highest BCUT2D eigenvalue weighted by molar-refractivity contribution is 14.1. The lowest BCUT2D eigenvalue weighted by Gasteiger charge is -2.33. The molecular formula is C18H16Cl2IN3O3. The highest BCUT2D eigenvalue weighted by Crippen LogP contribution is 2.40. The van der Waals surface area contributed by atoms with Gasteiger partial charge in [0, 0.05) is 37.0 Å². The summed E-state index contributed by atoms with van der Waals surface area (Å²) in [4.78, 5) is 24.5. The van der Waals surface area contributed by atoms with Crippen molar-refractivity contribution in [1.82, 2.24) is 5.32 Å². The van der Waals surface area contributed by atoms with Crippen molar-refractivity contribution in [3.8, 4) is 0 Å². The highest BCUT2D eigenvalue weighted by Gasteiger charge is 2.34. The van der Waals surface area contributed by atoms with E-state index in [-0.39, 0.29) is 0 Å². The van der Waals surface area contributed by atoms with E-state index in [4.69, 9.17) is 27.9 Å². The molecular weight excluding hydrogens is 504 g/mol. The zero-order valence-electron chi connectivity index (χ0n) is 14.2. The van der Waals surface area contributed by atoms with Crippen molar-refractivity contribution in [2.75, 3.05) is 17.7 Å². The third-order valence-electron chi connectivity index (χ3n) is 4.14. The maximum absolute atomic E-state index is 12.5. The molecule has 9 heteroatoms. The van der Waals surface area contributed by atoms with Crippen LogP contribution in [-0.2, 0) is 9.53 Å². The Bertz CT molecular complexity index is 877. The molecule has 0 bridgehead atoms. The number of nitrogens with one attached hydrogen (secondary N) is 3. The number of halogens is 3. The van der Waals surface area contributed by atoms with Crippen LogP contribution in [0, 0.1) is 3.57 Å². The van der Waals surface area contributed by atoms with Gasteiger partial charge in [-0.15, -0.1) is 0 Å². The molecule has 27 heavy (non-hydrogen) atoms. The van der Waals surface area contributed by atoms with Gasteiger partial charge in [-0.3, -0.25) is 0 Å². The van der Waals surface area contributed by atoms with Crippen molar-refractivity contribution < 1.29 is 14.3 Å². The van der Waals surface area contributed by atoms with E-state index in [9.17, 15) is 9.59 Å². The van der Waals surface area contributed by atoms with Gasteiger partial charge >= 0.3 is 12.0 Å². The molecule has 1 heterocycles. The van der Waals surface area contributed by atoms with E-state index in [1.54, 1.807) is 12.1 Å². The first kappa shape index (κ1) is 20.0. The highest BCUT2D eigenvalue weighted by atomic mass is 127. The Morgan fingerprint density at radius 2 is 1.93 bits per heavy atom. The molecule has 3 rings (SSSR count). The van der Waals surface area contributed by atoms with Gasteiger partial charge in [-0.25, -0.2) is 9.59 Å². The first-order chi connectivity index (χ1) is 12.9. The molecule has 3 N–H and O–H groups in total. The van der Waals surface area contributed by atoms with Crippen molar-refractivity contribution in [3.05, 3.63) is 55.6 Å². The summed E-state index contributed by atoms with van der Waals surface area (Å²) in [6.45, 7) is 0. The zero-order valence-corrected chi connectivity index (χ0v) is 17.9. The predicted octanol–water partition coefficient (Wildman–Crippen LogP) is 4.82. The van der Waals surface area contributed by atoms with E-state index in [2.05, 4.69) is 38.5 Å². The first-order valence-corrected chi connectivity index (χ1v) is 9.87. The molecule has 0 aromatic heterocycles. The Balaban J connectivity index is 1.83. The summed E-state index contributed by atoms with van der Waals surface area (Å²) in [6, 6.07) is 9.16. The third kappa shape index (κ3) is 4.77. The molecule has 0 fully saturated rings. The van der Waals surface area contributed by atoms with Gasteiger partial charge in [-0.05, 0) is 59.0 Å². The zero-order chi connectivity index (χ0) is 19.6. The summed E-state index contributed by atoms with van der Waals surface area (Å²) < 4.78 is 5.89. The van der Waals surface area contributed by atoms with Crippen LogP contribution in [0.1, 0.15) is 18.0 Å². The van der Waals surface area contributed by atoms with Crippen LogP contribution in [0.15, 0.2) is 36.4 Å². The number of carbonyl (C=O) groups excluding carboxylic acids is 2. The maximum Gasteiger partial charge on any atom is 0.328 e. The van der Waals surface area contributed by atoms with Gasteiger partial charge in [-0.2, -0.15) is 0 Å². The number of ether oxygens (including phenoxy) is 1. The number of benzene rings is 2. The summed E-state index contributed by atoms with van der Waals surface area (Å²) in [6.07, 6.45) is 0.293. The number of esters is 1. The summed E-state index contributed by atoms with van der Waals surface area (Å²) in [5, 5.41) is 9.57. The molecule has 1 aliphatic rings. The molecule has 0 saturated heterocycles. The molecule has 2 aromatic rings. The number of rotatable bonds is 3. The van der Waals surface area contributed by atoms with E-state index in [1.807, 2.05) is 24.3 Å². The van der Waals surface area contributed by atoms with Gasteiger partial charge < -0.3 is 20.7 Å². The van der Waals surface area contributed by atoms with Crippen LogP contribution in [0.2, 0.25) is 10.0 Å². The number of fused-ring (bicyclic) bond motifs is 1. The van der Waals surface area contributed by atoms with Gasteiger partial charge in [0.1, 0.15) is 6.04 Å². The maximum atomic E-state index is 12.5. The Morgan fingerprint density at radius 1 is 1.22 bits per heavy atom. The average Bonchev–Trinajstić information content (AvgIpc) is 2.62. The molecule has 0 saturated carbocycles. The molecule has 2 amide bonds. The van der Waals surface area contributed by atoms with E-state index in [0.29, 0.717) is 33.4 Å². The standard InChI is InChI=1S/C18H16Cl2IN3O3/c1-27-17(25)15-8-14(16-12(20)6-9(19)7-13(16)23-15)24-18(26)22-11-4-2-10(21)3-5-11/h2-7,14-15,23H,8H2,1H3,(H2,22,24,26)/t14-,15+/m1/s1. The van der Waals surface area contributed by atoms with E-state index < -0.39 is 24.1 Å². The number of urea groups is 1. The molecule has 0 aliphatic carbocycles. The van der Waals surface area contributed by atoms with Gasteiger partial charge in [0.25, 0.3) is 0 Å². The molecule has 0 spiro atoms. The lowest BCUT2D eigenvalue weighted by atomic mass is 9.92. The minimum absolute atomic E-state index is 0.293. The SMILES string of the molecule is COC(=O)[C@@H]1C[C@@H](NC(=O)Nc2ccc(I)cc2)c2c(Cl)cc(Cl)cc2N1. The Kier molecular flexibility index (Phi) is 6.33. The van der Waals surface area contributed by atoms with Crippen LogP contribution in [0.4, 0.5) is 16.2 Å². The summed E-state index contributed by atoms with van der Waals surface area (Å²) in [7, 11) is 1.32. The number of carbonyl (C=O) groups is 2. The first-order valence-electron chi connectivity index (χ1n) is 8.03. The summed E-state index contributed by atoms with van der Waals surface area (Å²) in [5.74, 6) is -0.429. The van der Waals surface area contributed by atoms with Crippen molar-refractivity contribution in [1.29, 1.82) is 0 Å². The largest absolute Gasteiger partial charge is 0.467 e.